The van der Waals surface area contributed by atoms with Gasteiger partial charge in [-0.15, -0.1) is 11.3 Å². The summed E-state index contributed by atoms with van der Waals surface area (Å²) >= 11 is 1.36. The lowest BCUT2D eigenvalue weighted by atomic mass is 10.1. The van der Waals surface area contributed by atoms with Gasteiger partial charge in [-0.1, -0.05) is 0 Å². The van der Waals surface area contributed by atoms with Gasteiger partial charge >= 0.3 is 0 Å². The van der Waals surface area contributed by atoms with Crippen LogP contribution in [-0.2, 0) is 0 Å². The second-order valence-electron chi connectivity index (χ2n) is 4.13. The molecule has 0 aliphatic heterocycles. The van der Waals surface area contributed by atoms with E-state index in [9.17, 15) is 4.79 Å². The molecule has 0 atom stereocenters. The summed E-state index contributed by atoms with van der Waals surface area (Å²) in [6, 6.07) is 3.28. The van der Waals surface area contributed by atoms with Gasteiger partial charge in [0.2, 0.25) is 5.75 Å². The van der Waals surface area contributed by atoms with Crippen LogP contribution in [0.4, 0.5) is 5.13 Å². The van der Waals surface area contributed by atoms with E-state index in [-0.39, 0.29) is 5.91 Å². The lowest BCUT2D eigenvalue weighted by Gasteiger charge is -2.15. The van der Waals surface area contributed by atoms with Crippen LogP contribution in [0.1, 0.15) is 16.1 Å². The Hall–Kier alpha value is -2.28. The molecule has 2 aromatic rings. The van der Waals surface area contributed by atoms with Gasteiger partial charge in [-0.2, -0.15) is 0 Å². The van der Waals surface area contributed by atoms with Crippen molar-refractivity contribution in [3.8, 4) is 17.2 Å². The minimum atomic E-state index is -0.317. The number of aryl methyl sites for hydroxylation is 1. The summed E-state index contributed by atoms with van der Waals surface area (Å²) in [5, 5.41) is 5.13. The van der Waals surface area contributed by atoms with Crippen LogP contribution in [0.25, 0.3) is 0 Å². The molecule has 2 rings (SSSR count). The maximum Gasteiger partial charge on any atom is 0.261 e. The highest BCUT2D eigenvalue weighted by Crippen LogP contribution is 2.39. The number of amides is 1. The number of hydrogen-bond acceptors (Lipinski definition) is 6. The quantitative estimate of drug-likeness (QED) is 0.919. The van der Waals surface area contributed by atoms with Crippen molar-refractivity contribution in [2.24, 2.45) is 0 Å². The third-order valence-electron chi connectivity index (χ3n) is 2.79. The van der Waals surface area contributed by atoms with E-state index in [1.807, 2.05) is 12.3 Å². The number of thiazole rings is 1. The standard InChI is InChI=1S/C14H16N2O4S/c1-8-7-21-14(15-8)16-13(17)9-5-6-10(18-2)12(20-4)11(9)19-3/h5-7H,1-4H3,(H,15,16,17). The molecule has 0 fully saturated rings. The van der Waals surface area contributed by atoms with Crippen LogP contribution in [-0.4, -0.2) is 32.2 Å². The van der Waals surface area contributed by atoms with Crippen LogP contribution in [0, 0.1) is 6.92 Å². The normalized spacial score (nSPS) is 10.1. The fraction of sp³-hybridized carbons (Fsp3) is 0.286. The van der Waals surface area contributed by atoms with Gasteiger partial charge in [0, 0.05) is 5.38 Å². The van der Waals surface area contributed by atoms with Gasteiger partial charge in [-0.3, -0.25) is 10.1 Å². The molecule has 1 N–H and O–H groups in total. The van der Waals surface area contributed by atoms with Crippen molar-refractivity contribution in [1.29, 1.82) is 0 Å². The third kappa shape index (κ3) is 3.08. The molecular formula is C14H16N2O4S. The fourth-order valence-electron chi connectivity index (χ4n) is 1.86. The summed E-state index contributed by atoms with van der Waals surface area (Å²) in [5.41, 5.74) is 1.21. The van der Waals surface area contributed by atoms with E-state index >= 15 is 0 Å². The Morgan fingerprint density at radius 1 is 1.14 bits per heavy atom. The van der Waals surface area contributed by atoms with Crippen molar-refractivity contribution in [3.63, 3.8) is 0 Å². The molecule has 0 saturated carbocycles. The van der Waals surface area contributed by atoms with Crippen molar-refractivity contribution < 1.29 is 19.0 Å². The number of nitrogens with one attached hydrogen (secondary N) is 1. The molecule has 0 aliphatic carbocycles. The van der Waals surface area contributed by atoms with Crippen molar-refractivity contribution >= 4 is 22.4 Å². The minimum absolute atomic E-state index is 0.317. The van der Waals surface area contributed by atoms with E-state index in [0.29, 0.717) is 27.9 Å². The summed E-state index contributed by atoms with van der Waals surface area (Å²) in [6.45, 7) is 1.86. The van der Waals surface area contributed by atoms with Crippen LogP contribution in [0.3, 0.4) is 0 Å². The van der Waals surface area contributed by atoms with Gasteiger partial charge in [0.25, 0.3) is 5.91 Å². The van der Waals surface area contributed by atoms with Gasteiger partial charge in [0.05, 0.1) is 32.6 Å². The minimum Gasteiger partial charge on any atom is -0.493 e. The van der Waals surface area contributed by atoms with Crippen LogP contribution >= 0.6 is 11.3 Å². The summed E-state index contributed by atoms with van der Waals surface area (Å²) < 4.78 is 15.7. The molecule has 0 spiro atoms. The summed E-state index contributed by atoms with van der Waals surface area (Å²) in [6.07, 6.45) is 0. The Morgan fingerprint density at radius 3 is 2.38 bits per heavy atom. The maximum absolute atomic E-state index is 12.4. The van der Waals surface area contributed by atoms with Gasteiger partial charge < -0.3 is 14.2 Å². The highest BCUT2D eigenvalue weighted by Gasteiger charge is 2.21. The molecule has 1 aromatic heterocycles. The summed E-state index contributed by atoms with van der Waals surface area (Å²) in [4.78, 5) is 16.5. The topological polar surface area (TPSA) is 69.7 Å². The highest BCUT2D eigenvalue weighted by molar-refractivity contribution is 7.13. The van der Waals surface area contributed by atoms with Crippen LogP contribution in [0.2, 0.25) is 0 Å². The molecule has 0 radical (unpaired) electrons. The number of rotatable bonds is 5. The van der Waals surface area contributed by atoms with Gasteiger partial charge in [-0.05, 0) is 19.1 Å². The molecule has 112 valence electrons. The number of nitrogens with zero attached hydrogens (tertiary/aromatic N) is 1. The lowest BCUT2D eigenvalue weighted by molar-refractivity contribution is 0.102. The average Bonchev–Trinajstić information content (AvgIpc) is 2.90. The van der Waals surface area contributed by atoms with Gasteiger partial charge in [-0.25, -0.2) is 4.98 Å². The number of benzene rings is 1. The molecule has 1 aromatic carbocycles. The zero-order chi connectivity index (χ0) is 15.4. The number of hydrogen-bond donors (Lipinski definition) is 1. The Labute approximate surface area is 126 Å². The van der Waals surface area contributed by atoms with E-state index in [4.69, 9.17) is 14.2 Å². The van der Waals surface area contributed by atoms with Crippen molar-refractivity contribution in [2.45, 2.75) is 6.92 Å². The Morgan fingerprint density at radius 2 is 1.86 bits per heavy atom. The molecule has 6 nitrogen and oxygen atoms in total. The molecule has 0 saturated heterocycles. The third-order valence-corrected chi connectivity index (χ3v) is 3.66. The van der Waals surface area contributed by atoms with Crippen LogP contribution in [0.5, 0.6) is 17.2 Å². The van der Waals surface area contributed by atoms with Crippen LogP contribution < -0.4 is 19.5 Å². The molecule has 7 heteroatoms. The number of aromatic nitrogens is 1. The van der Waals surface area contributed by atoms with Gasteiger partial charge in [0.1, 0.15) is 0 Å². The predicted molar refractivity (Wildman–Crippen MR) is 80.9 cm³/mol. The smallest absolute Gasteiger partial charge is 0.261 e. The zero-order valence-corrected chi connectivity index (χ0v) is 13.0. The van der Waals surface area contributed by atoms with E-state index < -0.39 is 0 Å². The molecule has 0 bridgehead atoms. The molecular weight excluding hydrogens is 292 g/mol. The first kappa shape index (κ1) is 15.1. The Bertz CT molecular complexity index is 654. The maximum atomic E-state index is 12.4. The second-order valence-corrected chi connectivity index (χ2v) is 4.99. The predicted octanol–water partition coefficient (Wildman–Crippen LogP) is 2.73. The average molecular weight is 308 g/mol. The molecule has 0 aliphatic rings. The first-order valence-electron chi connectivity index (χ1n) is 6.13. The highest BCUT2D eigenvalue weighted by atomic mass is 32.1. The Balaban J connectivity index is 2.36. The first-order chi connectivity index (χ1) is 10.1. The Kier molecular flexibility index (Phi) is 4.64. The zero-order valence-electron chi connectivity index (χ0n) is 12.2. The molecule has 21 heavy (non-hydrogen) atoms. The largest absolute Gasteiger partial charge is 0.493 e. The van der Waals surface area contributed by atoms with Gasteiger partial charge in [0.15, 0.2) is 16.6 Å². The first-order valence-corrected chi connectivity index (χ1v) is 7.01. The lowest BCUT2D eigenvalue weighted by Crippen LogP contribution is -2.13. The monoisotopic (exact) mass is 308 g/mol. The van der Waals surface area contributed by atoms with Crippen LogP contribution in [0.15, 0.2) is 17.5 Å². The van der Waals surface area contributed by atoms with Crippen molar-refractivity contribution in [2.75, 3.05) is 26.6 Å². The molecule has 1 amide bonds. The van der Waals surface area contributed by atoms with Crippen molar-refractivity contribution in [3.05, 3.63) is 28.8 Å². The van der Waals surface area contributed by atoms with E-state index in [1.54, 1.807) is 12.1 Å². The SMILES string of the molecule is COc1ccc(C(=O)Nc2nc(C)cs2)c(OC)c1OC. The number of anilines is 1. The summed E-state index contributed by atoms with van der Waals surface area (Å²) in [7, 11) is 4.49. The van der Waals surface area contributed by atoms with E-state index in [0.717, 1.165) is 5.69 Å². The number of ether oxygens (including phenoxy) is 3. The molecule has 1 heterocycles. The van der Waals surface area contributed by atoms with Crippen molar-refractivity contribution in [1.82, 2.24) is 4.98 Å². The van der Waals surface area contributed by atoms with E-state index in [1.165, 1.54) is 32.7 Å². The molecule has 0 unspecified atom stereocenters. The number of carbonyl (C=O) groups excluding carboxylic acids is 1. The van der Waals surface area contributed by atoms with E-state index in [2.05, 4.69) is 10.3 Å². The number of carbonyl (C=O) groups is 1. The summed E-state index contributed by atoms with van der Waals surface area (Å²) in [5.74, 6) is 0.878. The fourth-order valence-corrected chi connectivity index (χ4v) is 2.54. The second kappa shape index (κ2) is 6.45. The number of methoxy groups -OCH3 is 3.